The van der Waals surface area contributed by atoms with Gasteiger partial charge >= 0.3 is 182 Å². The summed E-state index contributed by atoms with van der Waals surface area (Å²) in [6.45, 7) is -3.96. The van der Waals surface area contributed by atoms with Crippen molar-refractivity contribution in [3.05, 3.63) is 127 Å². The molecule has 4 aromatic rings. The van der Waals surface area contributed by atoms with Crippen LogP contribution >= 0.6 is 6.83 Å². The third kappa shape index (κ3) is 3.48. The van der Waals surface area contributed by atoms with Gasteiger partial charge in [0.1, 0.15) is 0 Å². The first-order valence-corrected chi connectivity index (χ1v) is 12.5. The summed E-state index contributed by atoms with van der Waals surface area (Å²) in [7, 11) is 0. The Labute approximate surface area is 182 Å². The summed E-state index contributed by atoms with van der Waals surface area (Å²) in [5.74, 6) is -0.448. The summed E-state index contributed by atoms with van der Waals surface area (Å²) >= 11 is 0. The number of rotatable bonds is 7. The number of benzene rings is 4. The summed E-state index contributed by atoms with van der Waals surface area (Å²) < 4.78 is 6.67. The molecule has 0 bridgehead atoms. The van der Waals surface area contributed by atoms with Crippen LogP contribution < -0.4 is 15.9 Å². The van der Waals surface area contributed by atoms with Gasteiger partial charge in [0.05, 0.1) is 0 Å². The van der Waals surface area contributed by atoms with Crippen LogP contribution in [0.15, 0.2) is 121 Å². The van der Waals surface area contributed by atoms with E-state index in [1.807, 2.05) is 97.1 Å². The molecule has 154 valence electrons. The molecule has 0 aromatic heterocycles. The van der Waals surface area contributed by atoms with Crippen LogP contribution in [0.4, 0.5) is 0 Å². The summed E-state index contributed by atoms with van der Waals surface area (Å²) in [6, 6.07) is 38.0. The van der Waals surface area contributed by atoms with Gasteiger partial charge in [0, 0.05) is 0 Å². The van der Waals surface area contributed by atoms with Gasteiger partial charge in [-0.2, -0.15) is 0 Å². The molecule has 0 aliphatic carbocycles. The van der Waals surface area contributed by atoms with Crippen LogP contribution in [0.5, 0.6) is 0 Å². The molecule has 0 atom stereocenters. The second-order valence-corrected chi connectivity index (χ2v) is 11.8. The van der Waals surface area contributed by atoms with Crippen molar-refractivity contribution >= 4 is 35.0 Å². The molecule has 0 radical (unpaired) electrons. The predicted molar refractivity (Wildman–Crippen MR) is 128 cm³/mol. The fraction of sp³-hybridized carbons (Fsp3) is 0.0370. The maximum atomic E-state index is 13.6. The quantitative estimate of drug-likeness (QED) is 0.323. The number of hydrogen-bond donors (Lipinski definition) is 0. The van der Waals surface area contributed by atoms with Gasteiger partial charge in [-0.1, -0.05) is 0 Å². The Balaban J connectivity index is 2.11. The second kappa shape index (κ2) is 8.67. The first-order valence-electron chi connectivity index (χ1n) is 10.1. The molecule has 0 aliphatic heterocycles. The van der Waals surface area contributed by atoms with Crippen LogP contribution in [0.3, 0.4) is 0 Å². The first kappa shape index (κ1) is 20.7. The Kier molecular flexibility index (Phi) is 5.79. The summed E-state index contributed by atoms with van der Waals surface area (Å²) in [5.41, 5.74) is 0.449. The van der Waals surface area contributed by atoms with Crippen molar-refractivity contribution in [3.63, 3.8) is 0 Å². The van der Waals surface area contributed by atoms with E-state index in [-0.39, 0.29) is 6.16 Å². The molecule has 31 heavy (non-hydrogen) atoms. The van der Waals surface area contributed by atoms with Crippen LogP contribution in [-0.4, -0.2) is 18.4 Å². The van der Waals surface area contributed by atoms with Crippen molar-refractivity contribution in [2.45, 2.75) is 0 Å². The van der Waals surface area contributed by atoms with Crippen LogP contribution in [0.25, 0.3) is 0 Å². The molecule has 0 fully saturated rings. The van der Waals surface area contributed by atoms with Gasteiger partial charge in [-0.05, 0) is 0 Å². The van der Waals surface area contributed by atoms with Gasteiger partial charge in [-0.15, -0.1) is 0 Å². The number of carbonyl (C=O) groups is 2. The van der Waals surface area contributed by atoms with E-state index in [1.165, 1.54) is 0 Å². The van der Waals surface area contributed by atoms with Crippen LogP contribution in [-0.2, 0) is 9.32 Å². The monoisotopic (exact) mass is 426 g/mol. The molecule has 0 aliphatic rings. The van der Waals surface area contributed by atoms with E-state index in [0.717, 1.165) is 22.2 Å². The molecule has 4 aromatic carbocycles. The van der Waals surface area contributed by atoms with Crippen molar-refractivity contribution in [3.8, 4) is 0 Å². The molecule has 0 amide bonds. The molecule has 0 saturated carbocycles. The van der Waals surface area contributed by atoms with E-state index >= 15 is 0 Å². The van der Waals surface area contributed by atoms with Crippen molar-refractivity contribution in [2.75, 3.05) is 6.16 Å². The topological polar surface area (TPSA) is 43.4 Å². The Morgan fingerprint density at radius 3 is 1.32 bits per heavy atom. The predicted octanol–water partition coefficient (Wildman–Crippen LogP) is 4.49. The van der Waals surface area contributed by atoms with E-state index in [0.29, 0.717) is 5.56 Å². The Bertz CT molecular complexity index is 1060. The van der Waals surface area contributed by atoms with Gasteiger partial charge in [0.2, 0.25) is 0 Å². The fourth-order valence-electron chi connectivity index (χ4n) is 4.14. The zero-order valence-electron chi connectivity index (χ0n) is 17.0. The van der Waals surface area contributed by atoms with E-state index in [1.54, 1.807) is 24.3 Å². The normalized spacial score (nSPS) is 12.3. The Hall–Kier alpha value is -3.55. The summed E-state index contributed by atoms with van der Waals surface area (Å²) in [6.07, 6.45) is 0.936. The molecule has 0 unspecified atom stereocenters. The van der Waals surface area contributed by atoms with Crippen LogP contribution in [0, 0.1) is 0 Å². The van der Waals surface area contributed by atoms with Gasteiger partial charge in [-0.25, -0.2) is 0 Å². The molecule has 0 N–H and O–H groups in total. The fourth-order valence-corrected chi connectivity index (χ4v) is 9.22. The number of hydrogen-bond acceptors (Lipinski definition) is 3. The average molecular weight is 426 g/mol. The van der Waals surface area contributed by atoms with Gasteiger partial charge < -0.3 is 0 Å². The first-order chi connectivity index (χ1) is 15.2. The Morgan fingerprint density at radius 1 is 0.613 bits per heavy atom. The third-order valence-electron chi connectivity index (χ3n) is 5.62. The van der Waals surface area contributed by atoms with Crippen molar-refractivity contribution in [1.29, 1.82) is 0 Å². The molecule has 4 heteroatoms. The molecule has 0 saturated heterocycles. The van der Waals surface area contributed by atoms with Crippen molar-refractivity contribution in [2.24, 2.45) is 0 Å². The van der Waals surface area contributed by atoms with E-state index in [9.17, 15) is 9.59 Å². The summed E-state index contributed by atoms with van der Waals surface area (Å²) in [4.78, 5) is 25.9. The Morgan fingerprint density at radius 2 is 0.968 bits per heavy atom. The van der Waals surface area contributed by atoms with Gasteiger partial charge in [0.25, 0.3) is 0 Å². The van der Waals surface area contributed by atoms with E-state index in [2.05, 4.69) is 0 Å². The molecular formula is C27H23O3P. The average Bonchev–Trinajstić information content (AvgIpc) is 2.86. The standard InChI is InChI=1S/C27H23O3P/c28-21-22-31(24-15-7-2-8-16-24,25-17-9-3-10-18-25,26-19-11-4-12-20-26)30-27(29)23-13-5-1-6-14-23/h1-21H,22H2. The summed E-state index contributed by atoms with van der Waals surface area (Å²) in [5, 5.41) is 2.51. The maximum absolute atomic E-state index is 13.6. The molecule has 3 nitrogen and oxygen atoms in total. The zero-order chi connectivity index (χ0) is 21.6. The molecule has 0 heterocycles. The van der Waals surface area contributed by atoms with Gasteiger partial charge in [-0.3, -0.25) is 0 Å². The SMILES string of the molecule is O=CCP(OC(=O)c1ccccc1)(c1ccccc1)(c1ccccc1)c1ccccc1. The number of carbonyl (C=O) groups excluding carboxylic acids is 2. The molecule has 4 rings (SSSR count). The minimum atomic E-state index is -3.96. The van der Waals surface area contributed by atoms with Crippen LogP contribution in [0.1, 0.15) is 10.4 Å². The van der Waals surface area contributed by atoms with Gasteiger partial charge in [0.15, 0.2) is 0 Å². The molecule has 0 spiro atoms. The van der Waals surface area contributed by atoms with Crippen LogP contribution in [0.2, 0.25) is 0 Å². The molecular weight excluding hydrogens is 403 g/mol. The van der Waals surface area contributed by atoms with E-state index < -0.39 is 12.8 Å². The van der Waals surface area contributed by atoms with E-state index in [4.69, 9.17) is 4.52 Å². The second-order valence-electron chi connectivity index (χ2n) is 7.31. The van der Waals surface area contributed by atoms with Crippen molar-refractivity contribution < 1.29 is 14.1 Å². The third-order valence-corrected chi connectivity index (χ3v) is 11.2. The zero-order valence-corrected chi connectivity index (χ0v) is 17.9. The number of aldehydes is 1. The van der Waals surface area contributed by atoms with Crippen molar-refractivity contribution in [1.82, 2.24) is 0 Å². The minimum absolute atomic E-state index is 0.0578.